The number of methoxy groups -OCH3 is 4. The Labute approximate surface area is 141 Å². The summed E-state index contributed by atoms with van der Waals surface area (Å²) in [5, 5.41) is 2.84. The number of amides is 1. The first kappa shape index (κ1) is 17.5. The lowest BCUT2D eigenvalue weighted by Crippen LogP contribution is -2.15. The Morgan fingerprint density at radius 1 is 0.833 bits per heavy atom. The maximum Gasteiger partial charge on any atom is 0.228 e. The molecule has 1 N–H and O–H groups in total. The zero-order chi connectivity index (χ0) is 17.5. The van der Waals surface area contributed by atoms with Crippen molar-refractivity contribution in [2.45, 2.75) is 6.42 Å². The third kappa shape index (κ3) is 4.10. The average molecular weight is 331 g/mol. The Bertz CT molecular complexity index is 715. The number of hydrogen-bond donors (Lipinski definition) is 1. The Balaban J connectivity index is 2.11. The van der Waals surface area contributed by atoms with Crippen LogP contribution in [-0.4, -0.2) is 34.3 Å². The first-order valence-corrected chi connectivity index (χ1v) is 7.34. The molecule has 6 nitrogen and oxygen atoms in total. The quantitative estimate of drug-likeness (QED) is 0.845. The van der Waals surface area contributed by atoms with Gasteiger partial charge in [-0.05, 0) is 29.8 Å². The zero-order valence-electron chi connectivity index (χ0n) is 14.2. The zero-order valence-corrected chi connectivity index (χ0v) is 14.2. The van der Waals surface area contributed by atoms with Crippen LogP contribution in [0.2, 0.25) is 0 Å². The smallest absolute Gasteiger partial charge is 0.228 e. The van der Waals surface area contributed by atoms with Crippen LogP contribution in [0.15, 0.2) is 36.4 Å². The van der Waals surface area contributed by atoms with Gasteiger partial charge in [-0.1, -0.05) is 6.07 Å². The van der Waals surface area contributed by atoms with Crippen molar-refractivity contribution < 1.29 is 23.7 Å². The van der Waals surface area contributed by atoms with Crippen molar-refractivity contribution in [2.24, 2.45) is 0 Å². The Kier molecular flexibility index (Phi) is 5.89. The first-order chi connectivity index (χ1) is 11.6. The van der Waals surface area contributed by atoms with E-state index in [1.54, 1.807) is 58.8 Å². The summed E-state index contributed by atoms with van der Waals surface area (Å²) in [6.45, 7) is 0. The Morgan fingerprint density at radius 2 is 1.54 bits per heavy atom. The molecule has 0 aliphatic heterocycles. The summed E-state index contributed by atoms with van der Waals surface area (Å²) in [5.74, 6) is 2.24. The fourth-order valence-corrected chi connectivity index (χ4v) is 2.27. The topological polar surface area (TPSA) is 66.0 Å². The molecule has 0 atom stereocenters. The largest absolute Gasteiger partial charge is 0.497 e. The van der Waals surface area contributed by atoms with Gasteiger partial charge >= 0.3 is 0 Å². The molecule has 0 saturated carbocycles. The molecule has 0 heterocycles. The molecule has 2 aromatic carbocycles. The summed E-state index contributed by atoms with van der Waals surface area (Å²) >= 11 is 0. The summed E-state index contributed by atoms with van der Waals surface area (Å²) in [5.41, 5.74) is 1.40. The van der Waals surface area contributed by atoms with Crippen molar-refractivity contribution in [3.05, 3.63) is 42.0 Å². The van der Waals surface area contributed by atoms with E-state index in [1.165, 1.54) is 0 Å². The number of carbonyl (C=O) groups excluding carboxylic acids is 1. The molecule has 0 spiro atoms. The molecule has 0 aromatic heterocycles. The van der Waals surface area contributed by atoms with Gasteiger partial charge in [0.1, 0.15) is 11.5 Å². The highest BCUT2D eigenvalue weighted by atomic mass is 16.5. The summed E-state index contributed by atoms with van der Waals surface area (Å²) in [6, 6.07) is 10.6. The second-order valence-electron chi connectivity index (χ2n) is 4.98. The molecule has 0 fully saturated rings. The van der Waals surface area contributed by atoms with Crippen molar-refractivity contribution >= 4 is 11.6 Å². The Morgan fingerprint density at radius 3 is 2.17 bits per heavy atom. The second kappa shape index (κ2) is 8.10. The lowest BCUT2D eigenvalue weighted by Gasteiger charge is -2.12. The number of hydrogen-bond acceptors (Lipinski definition) is 5. The molecule has 0 aliphatic carbocycles. The van der Waals surface area contributed by atoms with Gasteiger partial charge in [0, 0.05) is 6.07 Å². The predicted molar refractivity (Wildman–Crippen MR) is 91.4 cm³/mol. The molecular weight excluding hydrogens is 310 g/mol. The molecule has 6 heteroatoms. The average Bonchev–Trinajstić information content (AvgIpc) is 2.61. The number of ether oxygens (including phenoxy) is 4. The number of nitrogens with one attached hydrogen (secondary N) is 1. The van der Waals surface area contributed by atoms with E-state index < -0.39 is 0 Å². The third-order valence-corrected chi connectivity index (χ3v) is 3.50. The molecule has 0 aliphatic rings. The van der Waals surface area contributed by atoms with Crippen molar-refractivity contribution in [3.8, 4) is 23.0 Å². The molecule has 2 rings (SSSR count). The van der Waals surface area contributed by atoms with E-state index in [-0.39, 0.29) is 12.3 Å². The number of anilines is 1. The minimum atomic E-state index is -0.161. The lowest BCUT2D eigenvalue weighted by molar-refractivity contribution is -0.115. The number of carbonyl (C=O) groups is 1. The van der Waals surface area contributed by atoms with Gasteiger partial charge in [-0.15, -0.1) is 0 Å². The van der Waals surface area contributed by atoms with E-state index >= 15 is 0 Å². The molecule has 0 bridgehead atoms. The second-order valence-corrected chi connectivity index (χ2v) is 4.98. The standard InChI is InChI=1S/C18H21NO5/c1-21-13-6-7-14(16(11-13)23-3)19-18(20)10-12-5-8-15(22-2)17(9-12)24-4/h5-9,11H,10H2,1-4H3,(H,19,20). The fourth-order valence-electron chi connectivity index (χ4n) is 2.27. The van der Waals surface area contributed by atoms with Gasteiger partial charge in [-0.3, -0.25) is 4.79 Å². The highest BCUT2D eigenvalue weighted by Crippen LogP contribution is 2.30. The van der Waals surface area contributed by atoms with E-state index in [9.17, 15) is 4.79 Å². The molecule has 1 amide bonds. The maximum absolute atomic E-state index is 12.3. The van der Waals surface area contributed by atoms with Gasteiger partial charge in [0.25, 0.3) is 0 Å². The number of rotatable bonds is 7. The van der Waals surface area contributed by atoms with Crippen LogP contribution in [-0.2, 0) is 11.2 Å². The van der Waals surface area contributed by atoms with Gasteiger partial charge in [-0.2, -0.15) is 0 Å². The van der Waals surface area contributed by atoms with E-state index in [1.807, 2.05) is 6.07 Å². The van der Waals surface area contributed by atoms with Gasteiger partial charge in [-0.25, -0.2) is 0 Å². The van der Waals surface area contributed by atoms with Gasteiger partial charge in [0.15, 0.2) is 11.5 Å². The highest BCUT2D eigenvalue weighted by Gasteiger charge is 2.11. The van der Waals surface area contributed by atoms with E-state index in [0.29, 0.717) is 28.7 Å². The first-order valence-electron chi connectivity index (χ1n) is 7.34. The minimum Gasteiger partial charge on any atom is -0.497 e. The van der Waals surface area contributed by atoms with Crippen molar-refractivity contribution in [2.75, 3.05) is 33.8 Å². The third-order valence-electron chi connectivity index (χ3n) is 3.50. The van der Waals surface area contributed by atoms with Crippen LogP contribution >= 0.6 is 0 Å². The van der Waals surface area contributed by atoms with Crippen LogP contribution in [0.25, 0.3) is 0 Å². The van der Waals surface area contributed by atoms with Gasteiger partial charge in [0.2, 0.25) is 5.91 Å². The maximum atomic E-state index is 12.3. The summed E-state index contributed by atoms with van der Waals surface area (Å²) in [4.78, 5) is 12.3. The normalized spacial score (nSPS) is 10.0. The van der Waals surface area contributed by atoms with Crippen LogP contribution < -0.4 is 24.3 Å². The summed E-state index contributed by atoms with van der Waals surface area (Å²) in [6.07, 6.45) is 0.204. The molecule has 0 saturated heterocycles. The predicted octanol–water partition coefficient (Wildman–Crippen LogP) is 2.90. The van der Waals surface area contributed by atoms with Crippen molar-refractivity contribution in [3.63, 3.8) is 0 Å². The SMILES string of the molecule is COc1ccc(NC(=O)Cc2ccc(OC)c(OC)c2)c(OC)c1. The van der Waals surface area contributed by atoms with Crippen molar-refractivity contribution in [1.29, 1.82) is 0 Å². The molecule has 128 valence electrons. The monoisotopic (exact) mass is 331 g/mol. The van der Waals surface area contributed by atoms with Crippen LogP contribution in [0.5, 0.6) is 23.0 Å². The Hall–Kier alpha value is -2.89. The number of benzene rings is 2. The lowest BCUT2D eigenvalue weighted by atomic mass is 10.1. The van der Waals surface area contributed by atoms with Crippen LogP contribution in [0, 0.1) is 0 Å². The molecule has 0 unspecified atom stereocenters. The molecule has 0 radical (unpaired) electrons. The molecule has 24 heavy (non-hydrogen) atoms. The minimum absolute atomic E-state index is 0.161. The van der Waals surface area contributed by atoms with Crippen LogP contribution in [0.4, 0.5) is 5.69 Å². The van der Waals surface area contributed by atoms with E-state index in [0.717, 1.165) is 5.56 Å². The van der Waals surface area contributed by atoms with Crippen LogP contribution in [0.3, 0.4) is 0 Å². The summed E-state index contributed by atoms with van der Waals surface area (Å²) < 4.78 is 20.9. The highest BCUT2D eigenvalue weighted by molar-refractivity contribution is 5.93. The van der Waals surface area contributed by atoms with Crippen LogP contribution in [0.1, 0.15) is 5.56 Å². The molecule has 2 aromatic rings. The van der Waals surface area contributed by atoms with Gasteiger partial charge in [0.05, 0.1) is 40.5 Å². The summed E-state index contributed by atoms with van der Waals surface area (Å²) in [7, 11) is 6.24. The van der Waals surface area contributed by atoms with E-state index in [4.69, 9.17) is 18.9 Å². The fraction of sp³-hybridized carbons (Fsp3) is 0.278. The molecular formula is C18H21NO5. The van der Waals surface area contributed by atoms with Gasteiger partial charge < -0.3 is 24.3 Å². The van der Waals surface area contributed by atoms with E-state index in [2.05, 4.69) is 5.32 Å². The van der Waals surface area contributed by atoms with Crippen molar-refractivity contribution in [1.82, 2.24) is 0 Å².